The van der Waals surface area contributed by atoms with E-state index in [1.54, 1.807) is 0 Å². The number of halogens is 4. The third-order valence-corrected chi connectivity index (χ3v) is 36.7. The fourth-order valence-electron chi connectivity index (χ4n) is 4.35. The van der Waals surface area contributed by atoms with Gasteiger partial charge in [0.1, 0.15) is 0 Å². The molecule has 0 heterocycles. The Bertz CT molecular complexity index is 319. The zero-order valence-electron chi connectivity index (χ0n) is 17.7. The van der Waals surface area contributed by atoms with Crippen molar-refractivity contribution in [2.24, 2.45) is 0 Å². The summed E-state index contributed by atoms with van der Waals surface area (Å²) in [4.78, 5) is 0. The number of hydrogen-bond donors (Lipinski definition) is 0. The summed E-state index contributed by atoms with van der Waals surface area (Å²) in [6.07, 6.45) is 16.2. The van der Waals surface area contributed by atoms with Gasteiger partial charge < -0.3 is 0 Å². The second-order valence-corrected chi connectivity index (χ2v) is 35.1. The van der Waals surface area contributed by atoms with Crippen molar-refractivity contribution in [2.45, 2.75) is 105 Å². The van der Waals surface area contributed by atoms with Gasteiger partial charge >= 0.3 is 184 Å². The van der Waals surface area contributed by atoms with Crippen LogP contribution in [0, 0.1) is 0 Å². The van der Waals surface area contributed by atoms with Gasteiger partial charge in [-0.1, -0.05) is 0 Å². The van der Waals surface area contributed by atoms with Crippen molar-refractivity contribution >= 4 is 55.0 Å². The zero-order valence-corrected chi connectivity index (χ0v) is 22.5. The Morgan fingerprint density at radius 2 is 0.654 bits per heavy atom. The average molecular weight is 488 g/mol. The van der Waals surface area contributed by atoms with E-state index in [1.807, 2.05) is 0 Å². The molecule has 0 saturated heterocycles. The van der Waals surface area contributed by atoms with E-state index in [4.69, 9.17) is 45.0 Å². The molecule has 0 unspecified atom stereocenters. The Hall–Kier alpha value is 2.02. The van der Waals surface area contributed by atoms with Gasteiger partial charge in [-0.15, -0.1) is 0 Å². The molecule has 6 heteroatoms. The van der Waals surface area contributed by atoms with Crippen molar-refractivity contribution in [3.63, 3.8) is 0 Å². The number of rotatable bonds is 17. The number of unbranched alkanes of at least 4 members (excludes halogenated alkanes) is 8. The zero-order chi connectivity index (χ0) is 20.2. The van der Waals surface area contributed by atoms with Crippen LogP contribution in [-0.2, 0) is 0 Å². The summed E-state index contributed by atoms with van der Waals surface area (Å²) in [6, 6.07) is 0. The first-order valence-electron chi connectivity index (χ1n) is 11.0. The Morgan fingerprint density at radius 1 is 0.423 bits per heavy atom. The van der Waals surface area contributed by atoms with Crippen molar-refractivity contribution in [1.82, 2.24) is 0 Å². The molecule has 0 aliphatic heterocycles. The molecule has 0 atom stereocenters. The van der Waals surface area contributed by atoms with Crippen LogP contribution >= 0.6 is 55.0 Å². The van der Waals surface area contributed by atoms with Crippen LogP contribution in [0.2, 0.25) is 0 Å². The van der Waals surface area contributed by atoms with Crippen LogP contribution in [0.15, 0.2) is 0 Å². The molecule has 0 aliphatic carbocycles. The van der Waals surface area contributed by atoms with E-state index in [1.165, 1.54) is 77.0 Å². The van der Waals surface area contributed by atoms with Crippen molar-refractivity contribution in [2.75, 3.05) is 24.6 Å². The van der Waals surface area contributed by atoms with E-state index >= 15 is 0 Å². The monoisotopic (exact) mass is 486 g/mol. The molecule has 0 N–H and O–H groups in total. The molecule has 0 saturated carbocycles. The van der Waals surface area contributed by atoms with E-state index in [9.17, 15) is 0 Å². The molecule has 0 bridgehead atoms. The van der Waals surface area contributed by atoms with Gasteiger partial charge in [0.05, 0.1) is 0 Å². The van der Waals surface area contributed by atoms with Crippen molar-refractivity contribution in [3.05, 3.63) is 0 Å². The summed E-state index contributed by atoms with van der Waals surface area (Å²) < 4.78 is -3.76. The van der Waals surface area contributed by atoms with Crippen molar-refractivity contribution < 1.29 is 0 Å². The van der Waals surface area contributed by atoms with Crippen LogP contribution in [0.4, 0.5) is 0 Å². The van der Waals surface area contributed by atoms with Crippen LogP contribution in [-0.4, -0.2) is 24.6 Å². The van der Waals surface area contributed by atoms with Crippen LogP contribution in [0.25, 0.3) is 0 Å². The van der Waals surface area contributed by atoms with Crippen LogP contribution in [0.1, 0.15) is 105 Å². The molecule has 0 aromatic rings. The number of hydrogen-bond acceptors (Lipinski definition) is 0. The second-order valence-electron chi connectivity index (χ2n) is 8.32. The molecule has 0 amide bonds. The molecule has 0 aromatic heterocycles. The predicted molar refractivity (Wildman–Crippen MR) is 135 cm³/mol. The van der Waals surface area contributed by atoms with E-state index in [0.717, 1.165) is 24.6 Å². The Morgan fingerprint density at radius 3 is 0.808 bits per heavy atom. The van der Waals surface area contributed by atoms with Gasteiger partial charge in [-0.05, 0) is 0 Å². The molecule has 0 rings (SSSR count). The first kappa shape index (κ1) is 28.0. The van der Waals surface area contributed by atoms with Gasteiger partial charge in [-0.25, -0.2) is 0 Å². The molecule has 0 fully saturated rings. The molecule has 0 aliphatic rings. The normalized spacial score (nSPS) is 16.0. The maximum atomic E-state index is 7.07. The fourth-order valence-corrected chi connectivity index (χ4v) is 27.3. The molecule has 0 nitrogen and oxygen atoms in total. The Kier molecular flexibility index (Phi) is 13.6. The minimum atomic E-state index is -3.76. The molecule has 26 heavy (non-hydrogen) atoms. The third-order valence-electron chi connectivity index (χ3n) is 6.20. The van der Waals surface area contributed by atoms with Crippen LogP contribution in [0.3, 0.4) is 0 Å². The quantitative estimate of drug-likeness (QED) is 0.141. The van der Waals surface area contributed by atoms with Crippen LogP contribution in [0.5, 0.6) is 0 Å². The van der Waals surface area contributed by atoms with Crippen LogP contribution < -0.4 is 0 Å². The van der Waals surface area contributed by atoms with E-state index in [0.29, 0.717) is 0 Å². The predicted octanol–water partition coefficient (Wildman–Crippen LogP) is 11.4. The molecule has 0 spiro atoms. The SMILES string of the molecule is CCCCCP(CCCCC)(CCCCC)(CCCCC)P(Cl)(Cl)(Cl)Cl. The van der Waals surface area contributed by atoms with Gasteiger partial charge in [0.25, 0.3) is 0 Å². The first-order valence-corrected chi connectivity index (χ1v) is 20.5. The molecule has 0 aromatic carbocycles. The summed E-state index contributed by atoms with van der Waals surface area (Å²) in [7, 11) is 0. The fraction of sp³-hybridized carbons (Fsp3) is 1.00. The van der Waals surface area contributed by atoms with E-state index in [-0.39, 0.29) is 0 Å². The molecular formula is C20H44Cl4P2. The Labute approximate surface area is 183 Å². The Balaban J connectivity index is 6.02. The minimum absolute atomic E-state index is 1.11. The van der Waals surface area contributed by atoms with Gasteiger partial charge in [0.15, 0.2) is 0 Å². The molecule has 0 radical (unpaired) electrons. The van der Waals surface area contributed by atoms with Crippen molar-refractivity contribution in [3.8, 4) is 0 Å². The molecule has 162 valence electrons. The third kappa shape index (κ3) is 7.69. The first-order chi connectivity index (χ1) is 12.1. The maximum absolute atomic E-state index is 7.07. The molecular weight excluding hydrogens is 444 g/mol. The summed E-state index contributed by atoms with van der Waals surface area (Å²) in [5.74, 6) is 0. The van der Waals surface area contributed by atoms with Gasteiger partial charge in [-0.3, -0.25) is 0 Å². The van der Waals surface area contributed by atoms with E-state index < -0.39 is 9.99 Å². The second kappa shape index (κ2) is 12.7. The summed E-state index contributed by atoms with van der Waals surface area (Å²) >= 11 is 28.3. The van der Waals surface area contributed by atoms with Gasteiger partial charge in [-0.2, -0.15) is 0 Å². The van der Waals surface area contributed by atoms with Gasteiger partial charge in [0.2, 0.25) is 0 Å². The summed E-state index contributed by atoms with van der Waals surface area (Å²) in [6.45, 7) is 9.01. The van der Waals surface area contributed by atoms with Gasteiger partial charge in [0, 0.05) is 0 Å². The van der Waals surface area contributed by atoms with E-state index in [2.05, 4.69) is 27.7 Å². The average Bonchev–Trinajstić information content (AvgIpc) is 2.54. The topological polar surface area (TPSA) is 0 Å². The summed E-state index contributed by atoms with van der Waals surface area (Å²) in [5, 5.41) is 0. The summed E-state index contributed by atoms with van der Waals surface area (Å²) in [5.41, 5.74) is 0. The van der Waals surface area contributed by atoms with Crippen molar-refractivity contribution in [1.29, 1.82) is 0 Å². The standard InChI is InChI=1S/C20H44Cl4P2/c1-5-9-13-17-25(18-14-10-6-2,19-15-11-7-3,20-16-12-8-4)26(21,22,23)24/h5-20H2,1-4H3.